The SMILES string of the molecule is COc1cccc(OC[C@@H](NC(=O)C(C)(C)N)C(=O)N2CCC3=NN(CC(F)F)C(=O)[C@]3(Cc3ccccn3)C2)c1. The molecular formula is C28H34F2N6O5. The van der Waals surface area contributed by atoms with Gasteiger partial charge in [-0.05, 0) is 38.1 Å². The number of carbonyl (C=O) groups excluding carboxylic acids is 3. The summed E-state index contributed by atoms with van der Waals surface area (Å²) in [5.41, 5.74) is 4.30. The van der Waals surface area contributed by atoms with Gasteiger partial charge in [-0.15, -0.1) is 0 Å². The number of nitrogens with one attached hydrogen (secondary N) is 1. The first-order chi connectivity index (χ1) is 19.4. The number of nitrogens with zero attached hydrogens (tertiary/aromatic N) is 4. The van der Waals surface area contributed by atoms with Gasteiger partial charge in [-0.3, -0.25) is 19.4 Å². The Kier molecular flexibility index (Phi) is 8.86. The Balaban J connectivity index is 1.61. The van der Waals surface area contributed by atoms with Crippen LogP contribution in [0, 0.1) is 5.41 Å². The van der Waals surface area contributed by atoms with Crippen LogP contribution in [0.3, 0.4) is 0 Å². The van der Waals surface area contributed by atoms with E-state index in [2.05, 4.69) is 15.4 Å². The van der Waals surface area contributed by atoms with Crippen LogP contribution < -0.4 is 20.5 Å². The van der Waals surface area contributed by atoms with Crippen LogP contribution in [0.4, 0.5) is 8.78 Å². The molecule has 1 aromatic heterocycles. The van der Waals surface area contributed by atoms with Crippen molar-refractivity contribution in [3.8, 4) is 11.5 Å². The number of aromatic nitrogens is 1. The van der Waals surface area contributed by atoms with Crippen molar-refractivity contribution in [2.24, 2.45) is 16.3 Å². The van der Waals surface area contributed by atoms with Gasteiger partial charge in [0, 0.05) is 43.9 Å². The predicted octanol–water partition coefficient (Wildman–Crippen LogP) is 1.62. The molecule has 13 heteroatoms. The molecule has 3 heterocycles. The van der Waals surface area contributed by atoms with Crippen molar-refractivity contribution in [3.05, 3.63) is 54.4 Å². The number of rotatable bonds is 11. The zero-order valence-electron chi connectivity index (χ0n) is 23.2. The highest BCUT2D eigenvalue weighted by atomic mass is 19.3. The minimum absolute atomic E-state index is 0.0716. The van der Waals surface area contributed by atoms with E-state index in [0.29, 0.717) is 22.9 Å². The van der Waals surface area contributed by atoms with Gasteiger partial charge in [0.1, 0.15) is 36.1 Å². The second kappa shape index (κ2) is 12.2. The van der Waals surface area contributed by atoms with Crippen molar-refractivity contribution >= 4 is 23.4 Å². The normalized spacial score (nSPS) is 19.5. The van der Waals surface area contributed by atoms with Gasteiger partial charge in [-0.1, -0.05) is 12.1 Å². The minimum Gasteiger partial charge on any atom is -0.497 e. The van der Waals surface area contributed by atoms with E-state index in [-0.39, 0.29) is 32.5 Å². The van der Waals surface area contributed by atoms with E-state index in [9.17, 15) is 23.2 Å². The number of pyridine rings is 1. The number of benzene rings is 1. The first kappa shape index (κ1) is 29.8. The molecule has 0 bridgehead atoms. The molecule has 2 aliphatic heterocycles. The number of halogens is 2. The lowest BCUT2D eigenvalue weighted by Gasteiger charge is -2.40. The molecule has 11 nitrogen and oxygen atoms in total. The number of hydrogen-bond acceptors (Lipinski definition) is 8. The number of methoxy groups -OCH3 is 1. The van der Waals surface area contributed by atoms with Crippen molar-refractivity contribution in [1.82, 2.24) is 20.2 Å². The van der Waals surface area contributed by atoms with Crippen LogP contribution in [0.1, 0.15) is 26.0 Å². The first-order valence-corrected chi connectivity index (χ1v) is 13.2. The molecule has 2 atom stereocenters. The predicted molar refractivity (Wildman–Crippen MR) is 145 cm³/mol. The number of ether oxygens (including phenoxy) is 2. The van der Waals surface area contributed by atoms with Gasteiger partial charge in [0.25, 0.3) is 12.3 Å². The van der Waals surface area contributed by atoms with Crippen LogP contribution in [-0.2, 0) is 20.8 Å². The van der Waals surface area contributed by atoms with Crippen LogP contribution in [0.15, 0.2) is 53.8 Å². The summed E-state index contributed by atoms with van der Waals surface area (Å²) >= 11 is 0. The monoisotopic (exact) mass is 572 g/mol. The molecule has 41 heavy (non-hydrogen) atoms. The van der Waals surface area contributed by atoms with Crippen LogP contribution >= 0.6 is 0 Å². The van der Waals surface area contributed by atoms with E-state index in [1.807, 2.05) is 0 Å². The summed E-state index contributed by atoms with van der Waals surface area (Å²) in [5.74, 6) is -0.744. The zero-order chi connectivity index (χ0) is 29.8. The number of hydrazone groups is 1. The van der Waals surface area contributed by atoms with Gasteiger partial charge >= 0.3 is 0 Å². The fraction of sp³-hybridized carbons (Fsp3) is 0.464. The maximum atomic E-state index is 13.9. The zero-order valence-corrected chi connectivity index (χ0v) is 23.2. The Hall–Kier alpha value is -4.13. The van der Waals surface area contributed by atoms with Crippen molar-refractivity contribution in [3.63, 3.8) is 0 Å². The fourth-order valence-corrected chi connectivity index (χ4v) is 4.85. The Bertz CT molecular complexity index is 1300. The molecule has 4 rings (SSSR count). The van der Waals surface area contributed by atoms with Gasteiger partial charge in [0.2, 0.25) is 11.8 Å². The Morgan fingerprint density at radius 2 is 1.95 bits per heavy atom. The Morgan fingerprint density at radius 1 is 1.20 bits per heavy atom. The summed E-state index contributed by atoms with van der Waals surface area (Å²) in [7, 11) is 1.51. The highest BCUT2D eigenvalue weighted by molar-refractivity contribution is 6.13. The molecule has 0 unspecified atom stereocenters. The summed E-state index contributed by atoms with van der Waals surface area (Å²) < 4.78 is 37.6. The fourth-order valence-electron chi connectivity index (χ4n) is 4.85. The number of hydrogen-bond donors (Lipinski definition) is 2. The van der Waals surface area contributed by atoms with E-state index in [4.69, 9.17) is 15.2 Å². The van der Waals surface area contributed by atoms with E-state index in [1.165, 1.54) is 25.9 Å². The maximum absolute atomic E-state index is 13.9. The van der Waals surface area contributed by atoms with Crippen LogP contribution in [0.2, 0.25) is 0 Å². The molecule has 2 aliphatic rings. The number of amides is 3. The molecule has 0 aliphatic carbocycles. The Labute approximate surface area is 236 Å². The lowest BCUT2D eigenvalue weighted by Crippen LogP contribution is -2.62. The molecule has 1 aromatic carbocycles. The van der Waals surface area contributed by atoms with Gasteiger partial charge in [0.15, 0.2) is 0 Å². The molecule has 3 amide bonds. The summed E-state index contributed by atoms with van der Waals surface area (Å²) in [5, 5.41) is 7.71. The summed E-state index contributed by atoms with van der Waals surface area (Å²) in [6, 6.07) is 10.8. The highest BCUT2D eigenvalue weighted by Gasteiger charge is 2.55. The number of likely N-dealkylation sites (tertiary alicyclic amines) is 1. The number of fused-ring (bicyclic) bond motifs is 1. The highest BCUT2D eigenvalue weighted by Crippen LogP contribution is 2.38. The standard InChI is InChI=1S/C28H34F2N6O5/c1-27(2,31)25(38)33-21(16-41-20-9-6-8-19(13-20)40-3)24(37)35-12-10-22-28(17-35,14-18-7-4-5-11-32-18)26(39)36(34-22)15-23(29)30/h4-9,11,13,21,23H,10,12,14-17,31H2,1-3H3,(H,33,38)/t21-,28-/m1/s1. The average molecular weight is 573 g/mol. The van der Waals surface area contributed by atoms with Crippen molar-refractivity contribution in [2.45, 2.75) is 44.7 Å². The third-order valence-corrected chi connectivity index (χ3v) is 7.00. The molecular weight excluding hydrogens is 538 g/mol. The van der Waals surface area contributed by atoms with E-state index < -0.39 is 47.7 Å². The summed E-state index contributed by atoms with van der Waals surface area (Å²) in [6.07, 6.45) is -0.950. The van der Waals surface area contributed by atoms with Crippen LogP contribution in [0.5, 0.6) is 11.5 Å². The molecule has 0 saturated carbocycles. The summed E-state index contributed by atoms with van der Waals surface area (Å²) in [6.45, 7) is 1.97. The molecule has 3 N–H and O–H groups in total. The van der Waals surface area contributed by atoms with Gasteiger partial charge in [-0.2, -0.15) is 5.10 Å². The smallest absolute Gasteiger partial charge is 0.258 e. The Morgan fingerprint density at radius 3 is 2.61 bits per heavy atom. The second-order valence-electron chi connectivity index (χ2n) is 10.7. The number of carbonyl (C=O) groups is 3. The molecule has 0 radical (unpaired) electrons. The third kappa shape index (κ3) is 6.79. The van der Waals surface area contributed by atoms with Gasteiger partial charge < -0.3 is 25.4 Å². The summed E-state index contributed by atoms with van der Waals surface area (Å²) in [4.78, 5) is 46.1. The number of alkyl halides is 2. The molecule has 2 aromatic rings. The average Bonchev–Trinajstić information content (AvgIpc) is 3.20. The number of piperidine rings is 1. The van der Waals surface area contributed by atoms with E-state index in [1.54, 1.807) is 48.7 Å². The molecule has 1 fully saturated rings. The van der Waals surface area contributed by atoms with Crippen molar-refractivity contribution < 1.29 is 32.6 Å². The second-order valence-corrected chi connectivity index (χ2v) is 10.7. The van der Waals surface area contributed by atoms with Gasteiger partial charge in [0.05, 0.1) is 18.4 Å². The quantitative estimate of drug-likeness (QED) is 0.417. The minimum atomic E-state index is -2.78. The first-order valence-electron chi connectivity index (χ1n) is 13.2. The van der Waals surface area contributed by atoms with Crippen molar-refractivity contribution in [1.29, 1.82) is 0 Å². The number of nitrogens with two attached hydrogens (primary N) is 1. The lowest BCUT2D eigenvalue weighted by molar-refractivity contribution is -0.144. The third-order valence-electron chi connectivity index (χ3n) is 7.00. The van der Waals surface area contributed by atoms with Crippen molar-refractivity contribution in [2.75, 3.05) is 33.4 Å². The topological polar surface area (TPSA) is 139 Å². The molecule has 0 spiro atoms. The molecule has 1 saturated heterocycles. The van der Waals surface area contributed by atoms with Gasteiger partial charge in [-0.25, -0.2) is 13.8 Å². The largest absolute Gasteiger partial charge is 0.497 e. The molecule has 220 valence electrons. The van der Waals surface area contributed by atoms with E-state index in [0.717, 1.165) is 5.01 Å². The van der Waals surface area contributed by atoms with Crippen LogP contribution in [-0.4, -0.2) is 89.7 Å². The van der Waals surface area contributed by atoms with Crippen LogP contribution in [0.25, 0.3) is 0 Å². The maximum Gasteiger partial charge on any atom is 0.258 e. The lowest BCUT2D eigenvalue weighted by atomic mass is 9.74. The van der Waals surface area contributed by atoms with E-state index >= 15 is 0 Å².